The van der Waals surface area contributed by atoms with Crippen LogP contribution in [-0.4, -0.2) is 29.5 Å². The molecule has 0 unspecified atom stereocenters. The standard InChI is InChI=1S/C28H24FN7O/c1-19-3-8-23(22-9-12-37-17-22)24(26(19)29)13-30-27-25-16-36(34-28(25)32-18-31-27)15-21-6-4-20(5-7-21)14-35-11-2-10-33-35/h2-12,16-18H,13-15H2,1H3,(H,30,31,32,34). The van der Waals surface area contributed by atoms with Crippen molar-refractivity contribution in [1.82, 2.24) is 29.5 Å². The fourth-order valence-corrected chi connectivity index (χ4v) is 4.40. The average molecular weight is 494 g/mol. The normalized spacial score (nSPS) is 11.3. The van der Waals surface area contributed by atoms with Crippen molar-refractivity contribution in [3.8, 4) is 11.1 Å². The van der Waals surface area contributed by atoms with Crippen LogP contribution in [0.5, 0.6) is 0 Å². The monoisotopic (exact) mass is 493 g/mol. The minimum atomic E-state index is -0.247. The minimum Gasteiger partial charge on any atom is -0.472 e. The van der Waals surface area contributed by atoms with E-state index in [1.807, 2.05) is 40.0 Å². The van der Waals surface area contributed by atoms with Gasteiger partial charge in [-0.1, -0.05) is 36.4 Å². The molecule has 37 heavy (non-hydrogen) atoms. The summed E-state index contributed by atoms with van der Waals surface area (Å²) in [5, 5.41) is 12.9. The van der Waals surface area contributed by atoms with E-state index in [1.165, 1.54) is 11.9 Å². The molecule has 0 fully saturated rings. The van der Waals surface area contributed by atoms with Crippen molar-refractivity contribution in [2.75, 3.05) is 5.32 Å². The molecule has 184 valence electrons. The number of furan rings is 1. The van der Waals surface area contributed by atoms with Crippen LogP contribution in [0.4, 0.5) is 10.2 Å². The molecule has 9 heteroatoms. The third-order valence-electron chi connectivity index (χ3n) is 6.34. The molecule has 6 aromatic rings. The number of hydrogen-bond acceptors (Lipinski definition) is 6. The molecule has 0 spiro atoms. The van der Waals surface area contributed by atoms with Crippen molar-refractivity contribution in [2.24, 2.45) is 0 Å². The molecule has 0 radical (unpaired) electrons. The SMILES string of the molecule is Cc1ccc(-c2ccoc2)c(CNc2ncnc3nn(Cc4ccc(Cn5cccn5)cc4)cc23)c1F. The summed E-state index contributed by atoms with van der Waals surface area (Å²) >= 11 is 0. The molecule has 1 N–H and O–H groups in total. The second-order valence-electron chi connectivity index (χ2n) is 8.89. The van der Waals surface area contributed by atoms with Crippen molar-refractivity contribution < 1.29 is 8.81 Å². The maximum absolute atomic E-state index is 15.1. The molecule has 8 nitrogen and oxygen atoms in total. The van der Waals surface area contributed by atoms with Crippen molar-refractivity contribution >= 4 is 16.9 Å². The number of hydrogen-bond donors (Lipinski definition) is 1. The Morgan fingerprint density at radius 2 is 1.78 bits per heavy atom. The van der Waals surface area contributed by atoms with Gasteiger partial charge in [-0.2, -0.15) is 10.2 Å². The summed E-state index contributed by atoms with van der Waals surface area (Å²) in [6, 6.07) is 15.8. The summed E-state index contributed by atoms with van der Waals surface area (Å²) in [6.07, 6.45) is 10.3. The zero-order chi connectivity index (χ0) is 25.2. The molecule has 4 heterocycles. The van der Waals surface area contributed by atoms with Crippen LogP contribution < -0.4 is 5.32 Å². The maximum Gasteiger partial charge on any atom is 0.186 e. The lowest BCUT2D eigenvalue weighted by Gasteiger charge is -2.13. The number of nitrogens with one attached hydrogen (secondary N) is 1. The lowest BCUT2D eigenvalue weighted by atomic mass is 9.99. The van der Waals surface area contributed by atoms with Crippen molar-refractivity contribution in [2.45, 2.75) is 26.6 Å². The number of anilines is 1. The van der Waals surface area contributed by atoms with Crippen LogP contribution >= 0.6 is 0 Å². The Kier molecular flexibility index (Phi) is 5.94. The lowest BCUT2D eigenvalue weighted by Crippen LogP contribution is -2.07. The van der Waals surface area contributed by atoms with Gasteiger partial charge in [0.2, 0.25) is 0 Å². The molecular weight excluding hydrogens is 469 g/mol. The smallest absolute Gasteiger partial charge is 0.186 e. The number of nitrogens with zero attached hydrogens (tertiary/aromatic N) is 6. The van der Waals surface area contributed by atoms with Gasteiger partial charge in [-0.25, -0.2) is 14.4 Å². The van der Waals surface area contributed by atoms with Crippen molar-refractivity contribution in [3.63, 3.8) is 0 Å². The third-order valence-corrected chi connectivity index (χ3v) is 6.34. The van der Waals surface area contributed by atoms with E-state index in [2.05, 4.69) is 49.7 Å². The Bertz CT molecular complexity index is 1640. The summed E-state index contributed by atoms with van der Waals surface area (Å²) in [7, 11) is 0. The van der Waals surface area contributed by atoms with E-state index in [-0.39, 0.29) is 12.4 Å². The zero-order valence-electron chi connectivity index (χ0n) is 20.2. The van der Waals surface area contributed by atoms with Crippen LogP contribution in [0.15, 0.2) is 90.4 Å². The van der Waals surface area contributed by atoms with E-state index in [0.717, 1.165) is 28.6 Å². The first-order valence-electron chi connectivity index (χ1n) is 11.9. The highest BCUT2D eigenvalue weighted by Gasteiger charge is 2.15. The maximum atomic E-state index is 15.1. The Hall–Kier alpha value is -4.79. The van der Waals surface area contributed by atoms with Gasteiger partial charge in [0, 0.05) is 36.3 Å². The first-order valence-corrected chi connectivity index (χ1v) is 11.9. The van der Waals surface area contributed by atoms with Gasteiger partial charge in [0.05, 0.1) is 31.0 Å². The number of fused-ring (bicyclic) bond motifs is 1. The highest BCUT2D eigenvalue weighted by Crippen LogP contribution is 2.29. The van der Waals surface area contributed by atoms with E-state index < -0.39 is 0 Å². The first-order chi connectivity index (χ1) is 18.1. The molecule has 0 amide bonds. The molecule has 6 rings (SSSR count). The van der Waals surface area contributed by atoms with Crippen LogP contribution in [0.3, 0.4) is 0 Å². The van der Waals surface area contributed by atoms with Crippen LogP contribution in [0.25, 0.3) is 22.2 Å². The Labute approximate surface area is 212 Å². The predicted octanol–water partition coefficient (Wildman–Crippen LogP) is 5.44. The molecule has 0 bridgehead atoms. The fraction of sp³-hybridized carbons (Fsp3) is 0.143. The third kappa shape index (κ3) is 4.71. The Morgan fingerprint density at radius 3 is 2.51 bits per heavy atom. The van der Waals surface area contributed by atoms with E-state index in [1.54, 1.807) is 31.7 Å². The summed E-state index contributed by atoms with van der Waals surface area (Å²) in [4.78, 5) is 8.73. The zero-order valence-corrected chi connectivity index (χ0v) is 20.2. The van der Waals surface area contributed by atoms with Gasteiger partial charge >= 0.3 is 0 Å². The molecular formula is C28H24FN7O. The summed E-state index contributed by atoms with van der Waals surface area (Å²) < 4.78 is 24.1. The van der Waals surface area contributed by atoms with E-state index in [0.29, 0.717) is 29.1 Å². The van der Waals surface area contributed by atoms with E-state index in [4.69, 9.17) is 4.42 Å². The largest absolute Gasteiger partial charge is 0.472 e. The van der Waals surface area contributed by atoms with Gasteiger partial charge in [-0.15, -0.1) is 0 Å². The molecule has 0 saturated carbocycles. The predicted molar refractivity (Wildman–Crippen MR) is 138 cm³/mol. The summed E-state index contributed by atoms with van der Waals surface area (Å²) in [6.45, 7) is 3.33. The number of rotatable bonds is 8. The van der Waals surface area contributed by atoms with Crippen molar-refractivity contribution in [3.05, 3.63) is 114 Å². The van der Waals surface area contributed by atoms with Gasteiger partial charge in [-0.05, 0) is 41.3 Å². The van der Waals surface area contributed by atoms with Crippen LogP contribution in [-0.2, 0) is 19.6 Å². The summed E-state index contributed by atoms with van der Waals surface area (Å²) in [5.74, 6) is 0.355. The van der Waals surface area contributed by atoms with Crippen LogP contribution in [0, 0.1) is 12.7 Å². The van der Waals surface area contributed by atoms with Gasteiger partial charge in [0.25, 0.3) is 0 Å². The first kappa shape index (κ1) is 22.7. The minimum absolute atomic E-state index is 0.247. The fourth-order valence-electron chi connectivity index (χ4n) is 4.40. The number of benzene rings is 2. The highest BCUT2D eigenvalue weighted by molar-refractivity contribution is 5.85. The number of aromatic nitrogens is 6. The number of halogens is 1. The van der Waals surface area contributed by atoms with E-state index >= 15 is 4.39 Å². The topological polar surface area (TPSA) is 86.6 Å². The van der Waals surface area contributed by atoms with E-state index in [9.17, 15) is 0 Å². The molecule has 2 aromatic carbocycles. The molecule has 0 aliphatic rings. The lowest BCUT2D eigenvalue weighted by molar-refractivity contribution is 0.568. The van der Waals surface area contributed by atoms with Crippen molar-refractivity contribution in [1.29, 1.82) is 0 Å². The second-order valence-corrected chi connectivity index (χ2v) is 8.89. The van der Waals surface area contributed by atoms with Crippen LogP contribution in [0.2, 0.25) is 0 Å². The highest BCUT2D eigenvalue weighted by atomic mass is 19.1. The van der Waals surface area contributed by atoms with Gasteiger partial charge in [0.1, 0.15) is 18.0 Å². The van der Waals surface area contributed by atoms with Gasteiger partial charge < -0.3 is 9.73 Å². The van der Waals surface area contributed by atoms with Gasteiger partial charge in [-0.3, -0.25) is 9.36 Å². The quantitative estimate of drug-likeness (QED) is 0.304. The molecule has 4 aromatic heterocycles. The molecule has 0 atom stereocenters. The molecule has 0 aliphatic carbocycles. The molecule has 0 aliphatic heterocycles. The Balaban J connectivity index is 1.21. The molecule has 0 saturated heterocycles. The van der Waals surface area contributed by atoms with Gasteiger partial charge in [0.15, 0.2) is 5.65 Å². The van der Waals surface area contributed by atoms with Crippen LogP contribution in [0.1, 0.15) is 22.3 Å². The Morgan fingerprint density at radius 1 is 0.973 bits per heavy atom. The second kappa shape index (κ2) is 9.69. The average Bonchev–Trinajstić information content (AvgIpc) is 3.68. The number of aryl methyl sites for hydroxylation is 1. The summed E-state index contributed by atoms with van der Waals surface area (Å²) in [5.41, 5.74) is 5.61.